The number of benzene rings is 1. The van der Waals surface area contributed by atoms with Crippen LogP contribution in [0.4, 0.5) is 11.4 Å². The number of carbonyl (C=O) groups excluding carboxylic acids is 1. The first-order valence-corrected chi connectivity index (χ1v) is 8.98. The maximum Gasteiger partial charge on any atom is 0.231 e. The highest BCUT2D eigenvalue weighted by Crippen LogP contribution is 2.40. The van der Waals surface area contributed by atoms with Crippen molar-refractivity contribution >= 4 is 42.1 Å². The summed E-state index contributed by atoms with van der Waals surface area (Å²) >= 11 is 0. The first-order valence-electron chi connectivity index (χ1n) is 8.98. The fourth-order valence-corrected chi connectivity index (χ4v) is 4.23. The molecule has 0 aromatic heterocycles. The summed E-state index contributed by atoms with van der Waals surface area (Å²) in [6, 6.07) is 3.44. The molecule has 1 aromatic carbocycles. The number of nitrogens with zero attached hydrogens (tertiary/aromatic N) is 1. The van der Waals surface area contributed by atoms with E-state index in [1.807, 2.05) is 0 Å². The molecule has 2 aliphatic heterocycles. The largest absolute Gasteiger partial charge is 0.454 e. The van der Waals surface area contributed by atoms with Gasteiger partial charge < -0.3 is 25.3 Å². The number of amides is 1. The Labute approximate surface area is 171 Å². The molecule has 1 aromatic rings. The summed E-state index contributed by atoms with van der Waals surface area (Å²) in [5.74, 6) is 1.24. The molecule has 27 heavy (non-hydrogen) atoms. The van der Waals surface area contributed by atoms with Gasteiger partial charge in [-0.25, -0.2) is 0 Å². The van der Waals surface area contributed by atoms with Crippen LogP contribution in [0.5, 0.6) is 11.5 Å². The second kappa shape index (κ2) is 9.19. The van der Waals surface area contributed by atoms with E-state index in [9.17, 15) is 4.79 Å². The van der Waals surface area contributed by atoms with E-state index in [-0.39, 0.29) is 43.1 Å². The van der Waals surface area contributed by atoms with Crippen LogP contribution in [0.25, 0.3) is 0 Å². The fraction of sp³-hybridized carbons (Fsp3) is 0.611. The minimum absolute atomic E-state index is 0. The van der Waals surface area contributed by atoms with Crippen molar-refractivity contribution < 1.29 is 19.0 Å². The van der Waals surface area contributed by atoms with Crippen molar-refractivity contribution in [2.75, 3.05) is 44.1 Å². The second-order valence-corrected chi connectivity index (χ2v) is 7.05. The number of hydrogen-bond acceptors (Lipinski definition) is 6. The lowest BCUT2D eigenvalue weighted by atomic mass is 9.90. The van der Waals surface area contributed by atoms with Gasteiger partial charge in [0.05, 0.1) is 24.6 Å². The number of morpholine rings is 1. The van der Waals surface area contributed by atoms with Crippen molar-refractivity contribution in [1.29, 1.82) is 0 Å². The Morgan fingerprint density at radius 2 is 1.74 bits per heavy atom. The van der Waals surface area contributed by atoms with Crippen molar-refractivity contribution in [2.24, 2.45) is 0 Å². The Morgan fingerprint density at radius 3 is 2.41 bits per heavy atom. The standard InChI is InChI=1S/C18H25N3O4.2ClH/c19-13-9-15-16(25-12-24-15)10-14(13)20-17(22)11-18(3-1-2-4-18)21-5-7-23-8-6-21;;/h9-10H,1-8,11-12,19H2,(H,20,22);2*1H. The van der Waals surface area contributed by atoms with Crippen LogP contribution in [0.1, 0.15) is 32.1 Å². The Morgan fingerprint density at radius 1 is 1.11 bits per heavy atom. The molecule has 1 amide bonds. The van der Waals surface area contributed by atoms with Gasteiger partial charge in [-0.15, -0.1) is 24.8 Å². The zero-order valence-electron chi connectivity index (χ0n) is 15.2. The third-order valence-corrected chi connectivity index (χ3v) is 5.52. The van der Waals surface area contributed by atoms with E-state index in [1.54, 1.807) is 12.1 Å². The number of nitrogens with one attached hydrogen (secondary N) is 1. The van der Waals surface area contributed by atoms with Gasteiger partial charge in [0.25, 0.3) is 0 Å². The Kier molecular flexibility index (Phi) is 7.45. The number of ether oxygens (including phenoxy) is 3. The number of nitrogen functional groups attached to an aromatic ring is 1. The number of carbonyl (C=O) groups is 1. The molecule has 1 saturated carbocycles. The van der Waals surface area contributed by atoms with E-state index in [4.69, 9.17) is 19.9 Å². The van der Waals surface area contributed by atoms with Gasteiger partial charge in [0, 0.05) is 37.2 Å². The molecule has 4 rings (SSSR count). The molecule has 152 valence electrons. The second-order valence-electron chi connectivity index (χ2n) is 7.05. The van der Waals surface area contributed by atoms with E-state index in [0.29, 0.717) is 29.3 Å². The summed E-state index contributed by atoms with van der Waals surface area (Å²) in [5.41, 5.74) is 7.08. The molecule has 1 saturated heterocycles. The number of fused-ring (bicyclic) bond motifs is 1. The lowest BCUT2D eigenvalue weighted by Crippen LogP contribution is -2.53. The molecule has 2 fully saturated rings. The molecule has 9 heteroatoms. The van der Waals surface area contributed by atoms with Gasteiger partial charge in [-0.1, -0.05) is 12.8 Å². The topological polar surface area (TPSA) is 86.1 Å². The van der Waals surface area contributed by atoms with Crippen LogP contribution in [0.3, 0.4) is 0 Å². The van der Waals surface area contributed by atoms with Crippen molar-refractivity contribution in [3.8, 4) is 11.5 Å². The van der Waals surface area contributed by atoms with Crippen molar-refractivity contribution in [1.82, 2.24) is 4.90 Å². The Balaban J connectivity index is 0.00000131. The average Bonchev–Trinajstić information content (AvgIpc) is 3.26. The summed E-state index contributed by atoms with van der Waals surface area (Å²) in [5, 5.41) is 2.97. The Hall–Kier alpha value is -1.41. The van der Waals surface area contributed by atoms with E-state index < -0.39 is 0 Å². The van der Waals surface area contributed by atoms with Gasteiger partial charge in [0.15, 0.2) is 11.5 Å². The van der Waals surface area contributed by atoms with Crippen LogP contribution in [0.15, 0.2) is 12.1 Å². The Bertz CT molecular complexity index is 662. The smallest absolute Gasteiger partial charge is 0.231 e. The van der Waals surface area contributed by atoms with E-state index in [0.717, 1.165) is 39.1 Å². The summed E-state index contributed by atoms with van der Waals surface area (Å²) in [6.07, 6.45) is 4.97. The van der Waals surface area contributed by atoms with Gasteiger partial charge in [-0.3, -0.25) is 9.69 Å². The van der Waals surface area contributed by atoms with E-state index in [2.05, 4.69) is 10.2 Å². The maximum atomic E-state index is 12.8. The van der Waals surface area contributed by atoms with Gasteiger partial charge in [0.1, 0.15) is 0 Å². The van der Waals surface area contributed by atoms with E-state index >= 15 is 0 Å². The van der Waals surface area contributed by atoms with Gasteiger partial charge >= 0.3 is 0 Å². The van der Waals surface area contributed by atoms with Crippen LogP contribution in [0.2, 0.25) is 0 Å². The SMILES string of the molecule is Cl.Cl.Nc1cc2c(cc1NC(=O)CC1(N3CCOCC3)CCCC1)OCO2. The van der Waals surface area contributed by atoms with Crippen molar-refractivity contribution in [2.45, 2.75) is 37.6 Å². The number of rotatable bonds is 4. The molecule has 7 nitrogen and oxygen atoms in total. The normalized spacial score (nSPS) is 20.4. The molecule has 0 atom stereocenters. The van der Waals surface area contributed by atoms with Crippen LogP contribution in [-0.4, -0.2) is 49.4 Å². The highest BCUT2D eigenvalue weighted by Gasteiger charge is 2.41. The summed E-state index contributed by atoms with van der Waals surface area (Å²) < 4.78 is 16.2. The predicted molar refractivity (Wildman–Crippen MR) is 108 cm³/mol. The molecular weight excluding hydrogens is 393 g/mol. The monoisotopic (exact) mass is 419 g/mol. The molecule has 0 radical (unpaired) electrons. The third kappa shape index (κ3) is 4.54. The number of nitrogens with two attached hydrogens (primary N) is 1. The fourth-order valence-electron chi connectivity index (χ4n) is 4.23. The quantitative estimate of drug-likeness (QED) is 0.729. The highest BCUT2D eigenvalue weighted by molar-refractivity contribution is 5.95. The minimum Gasteiger partial charge on any atom is -0.454 e. The zero-order chi connectivity index (χ0) is 17.3. The molecule has 1 aliphatic carbocycles. The lowest BCUT2D eigenvalue weighted by Gasteiger charge is -2.43. The summed E-state index contributed by atoms with van der Waals surface area (Å²) in [4.78, 5) is 15.2. The van der Waals surface area contributed by atoms with Crippen LogP contribution < -0.4 is 20.5 Å². The zero-order valence-corrected chi connectivity index (χ0v) is 16.8. The first kappa shape index (κ1) is 21.9. The van der Waals surface area contributed by atoms with Crippen LogP contribution in [-0.2, 0) is 9.53 Å². The van der Waals surface area contributed by atoms with Crippen molar-refractivity contribution in [3.05, 3.63) is 12.1 Å². The first-order chi connectivity index (χ1) is 12.2. The van der Waals surface area contributed by atoms with Crippen molar-refractivity contribution in [3.63, 3.8) is 0 Å². The molecule has 3 N–H and O–H groups in total. The van der Waals surface area contributed by atoms with Crippen LogP contribution >= 0.6 is 24.8 Å². The molecular formula is C18H27Cl2N3O4. The summed E-state index contributed by atoms with van der Waals surface area (Å²) in [7, 11) is 0. The average molecular weight is 420 g/mol. The molecule has 0 spiro atoms. The lowest BCUT2D eigenvalue weighted by molar-refractivity contribution is -0.120. The number of hydrogen-bond donors (Lipinski definition) is 2. The molecule has 3 aliphatic rings. The van der Waals surface area contributed by atoms with E-state index in [1.165, 1.54) is 12.8 Å². The highest BCUT2D eigenvalue weighted by atomic mass is 35.5. The van der Waals surface area contributed by atoms with Gasteiger partial charge in [0.2, 0.25) is 12.7 Å². The third-order valence-electron chi connectivity index (χ3n) is 5.52. The predicted octanol–water partition coefficient (Wildman–Crippen LogP) is 2.81. The van der Waals surface area contributed by atoms with Crippen LogP contribution in [0, 0.1) is 0 Å². The number of halogens is 2. The molecule has 0 bridgehead atoms. The van der Waals surface area contributed by atoms with Gasteiger partial charge in [-0.05, 0) is 12.8 Å². The van der Waals surface area contributed by atoms with Gasteiger partial charge in [-0.2, -0.15) is 0 Å². The molecule has 0 unspecified atom stereocenters. The number of anilines is 2. The molecule has 2 heterocycles. The maximum absolute atomic E-state index is 12.8. The minimum atomic E-state index is -0.0427. The summed E-state index contributed by atoms with van der Waals surface area (Å²) in [6.45, 7) is 3.49.